The van der Waals surface area contributed by atoms with Gasteiger partial charge in [0.05, 0.1) is 35.8 Å². The zero-order valence-electron chi connectivity index (χ0n) is 15.3. The number of hydrogen-bond acceptors (Lipinski definition) is 5. The topological polar surface area (TPSA) is 88.7 Å². The highest BCUT2D eigenvalue weighted by atomic mass is 35.5. The monoisotopic (exact) mass is 450 g/mol. The van der Waals surface area contributed by atoms with Crippen LogP contribution < -0.4 is 5.32 Å². The van der Waals surface area contributed by atoms with E-state index in [2.05, 4.69) is 30.5 Å². The molecule has 0 saturated heterocycles. The molecule has 13 heteroatoms. The number of alkyl halides is 2. The molecule has 4 aromatic heterocycles. The average Bonchev–Trinajstić information content (AvgIpc) is 3.46. The molecule has 0 bridgehead atoms. The number of fused-ring (bicyclic) bond motifs is 2. The van der Waals surface area contributed by atoms with Crippen LogP contribution in [-0.4, -0.2) is 34.3 Å². The van der Waals surface area contributed by atoms with Gasteiger partial charge in [-0.3, -0.25) is 0 Å². The van der Waals surface area contributed by atoms with Crippen LogP contribution in [0.3, 0.4) is 0 Å². The fraction of sp³-hybridized carbons (Fsp3) is 0.111. The smallest absolute Gasteiger partial charge is 0.333 e. The third kappa shape index (κ3) is 3.34. The third-order valence-electron chi connectivity index (χ3n) is 4.58. The lowest BCUT2D eigenvalue weighted by Gasteiger charge is -2.07. The minimum absolute atomic E-state index is 0.103. The van der Waals surface area contributed by atoms with Gasteiger partial charge >= 0.3 is 6.55 Å². The van der Waals surface area contributed by atoms with Gasteiger partial charge in [0.15, 0.2) is 22.4 Å². The van der Waals surface area contributed by atoms with Crippen LogP contribution in [0, 0.1) is 11.6 Å². The van der Waals surface area contributed by atoms with Crippen LogP contribution in [0.1, 0.15) is 12.4 Å². The van der Waals surface area contributed by atoms with Crippen LogP contribution in [0.15, 0.2) is 36.8 Å². The molecule has 5 rings (SSSR count). The second-order valence-corrected chi connectivity index (χ2v) is 6.93. The molecule has 0 aliphatic heterocycles. The number of H-pyrrole nitrogens is 1. The molecule has 0 saturated carbocycles. The number of aromatic amines is 1. The van der Waals surface area contributed by atoms with Gasteiger partial charge in [-0.2, -0.15) is 19.0 Å². The Kier molecular flexibility index (Phi) is 4.50. The van der Waals surface area contributed by atoms with Gasteiger partial charge in [-0.15, -0.1) is 0 Å². The Morgan fingerprint density at radius 2 is 2.03 bits per heavy atom. The summed E-state index contributed by atoms with van der Waals surface area (Å²) >= 11 is 6.12. The van der Waals surface area contributed by atoms with Gasteiger partial charge in [-0.25, -0.2) is 27.9 Å². The predicted molar refractivity (Wildman–Crippen MR) is 104 cm³/mol. The van der Waals surface area contributed by atoms with Crippen molar-refractivity contribution < 1.29 is 17.6 Å². The van der Waals surface area contributed by atoms with Crippen LogP contribution in [-0.2, 0) is 6.54 Å². The number of anilines is 1. The van der Waals surface area contributed by atoms with E-state index >= 15 is 0 Å². The van der Waals surface area contributed by atoms with E-state index < -0.39 is 18.2 Å². The lowest BCUT2D eigenvalue weighted by Crippen LogP contribution is -2.05. The summed E-state index contributed by atoms with van der Waals surface area (Å²) in [6, 6.07) is 3.94. The van der Waals surface area contributed by atoms with Crippen molar-refractivity contribution in [2.45, 2.75) is 13.1 Å². The van der Waals surface area contributed by atoms with E-state index in [1.54, 1.807) is 0 Å². The lowest BCUT2D eigenvalue weighted by atomic mass is 10.3. The minimum atomic E-state index is -2.77. The largest absolute Gasteiger partial charge is 0.375 e. The van der Waals surface area contributed by atoms with E-state index in [4.69, 9.17) is 11.6 Å². The molecule has 8 nitrogen and oxygen atoms in total. The van der Waals surface area contributed by atoms with Crippen LogP contribution in [0.2, 0.25) is 5.15 Å². The van der Waals surface area contributed by atoms with E-state index in [0.717, 1.165) is 6.07 Å². The zero-order chi connectivity index (χ0) is 21.7. The highest BCUT2D eigenvalue weighted by molar-refractivity contribution is 6.29. The molecule has 1 aromatic carbocycles. The Morgan fingerprint density at radius 3 is 2.81 bits per heavy atom. The zero-order valence-corrected chi connectivity index (χ0v) is 16.1. The first-order valence-corrected chi connectivity index (χ1v) is 9.22. The van der Waals surface area contributed by atoms with Gasteiger partial charge < -0.3 is 10.3 Å². The molecule has 0 spiro atoms. The number of aromatic nitrogens is 7. The molecule has 0 fully saturated rings. The molecule has 0 unspecified atom stereocenters. The summed E-state index contributed by atoms with van der Waals surface area (Å²) in [6.45, 7) is -2.65. The van der Waals surface area contributed by atoms with Crippen molar-refractivity contribution in [1.82, 2.24) is 34.3 Å². The predicted octanol–water partition coefficient (Wildman–Crippen LogP) is 4.41. The molecule has 2 N–H and O–H groups in total. The van der Waals surface area contributed by atoms with Gasteiger partial charge in [-0.05, 0) is 12.1 Å². The number of nitrogens with one attached hydrogen (secondary N) is 2. The molecule has 5 aromatic rings. The van der Waals surface area contributed by atoms with Crippen molar-refractivity contribution in [2.24, 2.45) is 0 Å². The fourth-order valence-corrected chi connectivity index (χ4v) is 3.36. The molecule has 0 amide bonds. The van der Waals surface area contributed by atoms with Crippen molar-refractivity contribution >= 4 is 34.0 Å². The second kappa shape index (κ2) is 7.23. The molecule has 4 heterocycles. The van der Waals surface area contributed by atoms with Crippen molar-refractivity contribution in [3.8, 4) is 11.3 Å². The first-order chi connectivity index (χ1) is 14.9. The van der Waals surface area contributed by atoms with Crippen molar-refractivity contribution in [3.63, 3.8) is 0 Å². The summed E-state index contributed by atoms with van der Waals surface area (Å²) < 4.78 is 54.8. The van der Waals surface area contributed by atoms with Gasteiger partial charge in [-0.1, -0.05) is 11.6 Å². The van der Waals surface area contributed by atoms with Crippen LogP contribution >= 0.6 is 11.6 Å². The average molecular weight is 451 g/mol. The molecule has 0 atom stereocenters. The summed E-state index contributed by atoms with van der Waals surface area (Å²) in [6.07, 6.45) is 3.90. The highest BCUT2D eigenvalue weighted by Gasteiger charge is 2.17. The molecule has 31 heavy (non-hydrogen) atoms. The Hall–Kier alpha value is -3.67. The Bertz CT molecular complexity index is 1420. The van der Waals surface area contributed by atoms with E-state index in [1.165, 1.54) is 35.2 Å². The second-order valence-electron chi connectivity index (χ2n) is 6.54. The molecular formula is C18H11ClF4N8. The van der Waals surface area contributed by atoms with E-state index in [9.17, 15) is 17.6 Å². The van der Waals surface area contributed by atoms with Gasteiger partial charge in [0, 0.05) is 17.8 Å². The molecule has 158 valence electrons. The maximum Gasteiger partial charge on any atom is 0.333 e. The van der Waals surface area contributed by atoms with Gasteiger partial charge in [0.25, 0.3) is 0 Å². The molecular weight excluding hydrogens is 440 g/mol. The fourth-order valence-electron chi connectivity index (χ4n) is 3.17. The molecule has 0 aliphatic carbocycles. The van der Waals surface area contributed by atoms with Crippen LogP contribution in [0.4, 0.5) is 23.2 Å². The summed E-state index contributed by atoms with van der Waals surface area (Å²) in [5.41, 5.74) is 1.88. The normalized spacial score (nSPS) is 11.8. The van der Waals surface area contributed by atoms with E-state index in [0.29, 0.717) is 38.6 Å². The summed E-state index contributed by atoms with van der Waals surface area (Å²) in [4.78, 5) is 11.3. The number of nitrogens with zero attached hydrogens (tertiary/aromatic N) is 6. The number of imidazole rings is 2. The van der Waals surface area contributed by atoms with Gasteiger partial charge in [0.1, 0.15) is 11.3 Å². The SMILES string of the molecule is Fc1ccc2[nH]c(CNc3cc(Cl)nn4c(-c5cnn(C(F)F)c5)cnc34)nc2c1F. The first-order valence-electron chi connectivity index (χ1n) is 8.84. The number of rotatable bonds is 5. The van der Waals surface area contributed by atoms with Crippen LogP contribution in [0.5, 0.6) is 0 Å². The molecule has 0 radical (unpaired) electrons. The van der Waals surface area contributed by atoms with Gasteiger partial charge in [0.2, 0.25) is 0 Å². The third-order valence-corrected chi connectivity index (χ3v) is 4.76. The number of hydrogen-bond donors (Lipinski definition) is 2. The molecule has 0 aliphatic rings. The Morgan fingerprint density at radius 1 is 1.19 bits per heavy atom. The summed E-state index contributed by atoms with van der Waals surface area (Å²) in [7, 11) is 0. The maximum absolute atomic E-state index is 13.9. The standard InChI is InChI=1S/C18H11ClF4N8/c19-13-3-11(24-6-14-27-10-2-1-9(20)15(21)16(10)28-14)17-25-5-12(31(17)29-13)8-4-26-30(7-8)18(22)23/h1-5,7,18,24H,6H2,(H,27,28). The van der Waals surface area contributed by atoms with Crippen molar-refractivity contribution in [3.05, 3.63) is 59.4 Å². The number of benzene rings is 1. The maximum atomic E-state index is 13.9. The quantitative estimate of drug-likeness (QED) is 0.387. The summed E-state index contributed by atoms with van der Waals surface area (Å²) in [5, 5.41) is 11.0. The first kappa shape index (κ1) is 19.3. The van der Waals surface area contributed by atoms with E-state index in [-0.39, 0.29) is 17.2 Å². The lowest BCUT2D eigenvalue weighted by molar-refractivity contribution is 0.0566. The minimum Gasteiger partial charge on any atom is -0.375 e. The summed E-state index contributed by atoms with van der Waals surface area (Å²) in [5.74, 6) is -1.66. The highest BCUT2D eigenvalue weighted by Crippen LogP contribution is 2.27. The number of halogens is 5. The Labute approximate surface area is 175 Å². The van der Waals surface area contributed by atoms with E-state index in [1.807, 2.05) is 0 Å². The van der Waals surface area contributed by atoms with Crippen LogP contribution in [0.25, 0.3) is 27.9 Å². The Balaban J connectivity index is 1.48. The van der Waals surface area contributed by atoms with Crippen molar-refractivity contribution in [2.75, 3.05) is 5.32 Å². The van der Waals surface area contributed by atoms with Crippen molar-refractivity contribution in [1.29, 1.82) is 0 Å².